The number of phenolic OH excluding ortho intramolecular Hbond substituents is 1. The van der Waals surface area contributed by atoms with Crippen molar-refractivity contribution in [2.75, 3.05) is 17.5 Å². The molecule has 0 radical (unpaired) electrons. The molecule has 0 atom stereocenters. The van der Waals surface area contributed by atoms with Crippen molar-refractivity contribution in [3.63, 3.8) is 0 Å². The number of para-hydroxylation sites is 1. The highest BCUT2D eigenvalue weighted by Gasteiger charge is 2.16. The number of carbonyl (C=O) groups excluding carboxylic acids is 1. The van der Waals surface area contributed by atoms with Crippen molar-refractivity contribution in [1.82, 2.24) is 0 Å². The predicted octanol–water partition coefficient (Wildman–Crippen LogP) is 3.82. The molecule has 4 nitrogen and oxygen atoms in total. The van der Waals surface area contributed by atoms with E-state index >= 15 is 0 Å². The van der Waals surface area contributed by atoms with Crippen LogP contribution in [0.1, 0.15) is 10.4 Å². The second kappa shape index (κ2) is 5.77. The maximum atomic E-state index is 11.2. The van der Waals surface area contributed by atoms with Crippen LogP contribution in [0.25, 0.3) is 10.8 Å². The van der Waals surface area contributed by atoms with Crippen LogP contribution in [0.4, 0.5) is 11.4 Å². The number of benzene rings is 3. The number of hydrogen-bond acceptors (Lipinski definition) is 4. The van der Waals surface area contributed by atoms with Gasteiger partial charge in [0.05, 0.1) is 11.3 Å². The number of carbonyl (C=O) groups is 1. The zero-order valence-electron chi connectivity index (χ0n) is 12.2. The van der Waals surface area contributed by atoms with Crippen molar-refractivity contribution in [2.24, 2.45) is 0 Å². The fourth-order valence-corrected chi connectivity index (χ4v) is 2.53. The van der Waals surface area contributed by atoms with Crippen molar-refractivity contribution in [3.8, 4) is 5.75 Å². The maximum Gasteiger partial charge on any atom is 0.153 e. The number of aromatic hydroxyl groups is 1. The van der Waals surface area contributed by atoms with Gasteiger partial charge in [0.1, 0.15) is 5.69 Å². The Morgan fingerprint density at radius 3 is 2.45 bits per heavy atom. The number of phenols is 1. The van der Waals surface area contributed by atoms with Crippen LogP contribution >= 0.6 is 0 Å². The Morgan fingerprint density at radius 2 is 1.73 bits per heavy atom. The standard InChI is InChI=1S/C18H16N2O2/c1-20(19-15-8-3-2-4-9-15)17-16-10-6-5-7-13(16)11-14(12-21)18(17)22/h2-12,19,22H,1H3. The van der Waals surface area contributed by atoms with E-state index in [9.17, 15) is 9.90 Å². The highest BCUT2D eigenvalue weighted by Crippen LogP contribution is 2.37. The molecule has 0 unspecified atom stereocenters. The number of anilines is 2. The van der Waals surface area contributed by atoms with Crippen LogP contribution in [0.5, 0.6) is 5.75 Å². The van der Waals surface area contributed by atoms with Gasteiger partial charge in [0, 0.05) is 12.4 Å². The number of hydrogen-bond donors (Lipinski definition) is 2. The van der Waals surface area contributed by atoms with Crippen molar-refractivity contribution in [1.29, 1.82) is 0 Å². The number of aldehydes is 1. The first-order chi connectivity index (χ1) is 10.7. The fourth-order valence-electron chi connectivity index (χ4n) is 2.53. The van der Waals surface area contributed by atoms with Gasteiger partial charge in [0.15, 0.2) is 12.0 Å². The Morgan fingerprint density at radius 1 is 1.05 bits per heavy atom. The molecule has 3 rings (SSSR count). The summed E-state index contributed by atoms with van der Waals surface area (Å²) in [6, 6.07) is 19.0. The second-order valence-corrected chi connectivity index (χ2v) is 5.04. The van der Waals surface area contributed by atoms with Gasteiger partial charge in [-0.2, -0.15) is 0 Å². The number of hydrazine groups is 1. The topological polar surface area (TPSA) is 52.6 Å². The minimum absolute atomic E-state index is 0.0281. The Kier molecular flexibility index (Phi) is 3.66. The second-order valence-electron chi connectivity index (χ2n) is 5.04. The largest absolute Gasteiger partial charge is 0.505 e. The Bertz CT molecular complexity index is 816. The van der Waals surface area contributed by atoms with E-state index in [0.29, 0.717) is 12.0 Å². The smallest absolute Gasteiger partial charge is 0.153 e. The van der Waals surface area contributed by atoms with Gasteiger partial charge in [-0.3, -0.25) is 15.2 Å². The SMILES string of the molecule is CN(Nc1ccccc1)c1c(O)c(C=O)cc2ccccc12. The molecule has 0 aliphatic carbocycles. The Labute approximate surface area is 128 Å². The van der Waals surface area contributed by atoms with Gasteiger partial charge < -0.3 is 5.11 Å². The van der Waals surface area contributed by atoms with Gasteiger partial charge in [-0.05, 0) is 23.6 Å². The van der Waals surface area contributed by atoms with Gasteiger partial charge >= 0.3 is 0 Å². The zero-order chi connectivity index (χ0) is 15.5. The molecule has 0 saturated carbocycles. The van der Waals surface area contributed by atoms with E-state index in [4.69, 9.17) is 0 Å². The molecular formula is C18H16N2O2. The third-order valence-corrected chi connectivity index (χ3v) is 3.56. The average molecular weight is 292 g/mol. The molecule has 3 aromatic rings. The minimum atomic E-state index is -0.0281. The fraction of sp³-hybridized carbons (Fsp3) is 0.0556. The summed E-state index contributed by atoms with van der Waals surface area (Å²) in [6.07, 6.45) is 0.668. The molecule has 0 fully saturated rings. The third kappa shape index (κ3) is 2.46. The molecule has 0 saturated heterocycles. The van der Waals surface area contributed by atoms with Gasteiger partial charge in [-0.15, -0.1) is 0 Å². The number of fused-ring (bicyclic) bond motifs is 1. The molecule has 0 aromatic heterocycles. The van der Waals surface area contributed by atoms with Crippen LogP contribution in [-0.4, -0.2) is 18.4 Å². The molecule has 0 heterocycles. The summed E-state index contributed by atoms with van der Waals surface area (Å²) in [7, 11) is 1.81. The quantitative estimate of drug-likeness (QED) is 0.567. The zero-order valence-corrected chi connectivity index (χ0v) is 12.2. The van der Waals surface area contributed by atoms with E-state index in [1.807, 2.05) is 61.6 Å². The summed E-state index contributed by atoms with van der Waals surface area (Å²) in [4.78, 5) is 11.2. The lowest BCUT2D eigenvalue weighted by atomic mass is 10.0. The van der Waals surface area contributed by atoms with Crippen LogP contribution in [0.3, 0.4) is 0 Å². The summed E-state index contributed by atoms with van der Waals surface area (Å²) in [5, 5.41) is 13.9. The molecule has 2 N–H and O–H groups in total. The first-order valence-electron chi connectivity index (χ1n) is 6.96. The van der Waals surface area contributed by atoms with Crippen molar-refractivity contribution in [2.45, 2.75) is 0 Å². The Balaban J connectivity index is 2.12. The van der Waals surface area contributed by atoms with Crippen molar-refractivity contribution in [3.05, 3.63) is 66.2 Å². The van der Waals surface area contributed by atoms with Gasteiger partial charge in [-0.25, -0.2) is 0 Å². The first kappa shape index (κ1) is 13.9. The monoisotopic (exact) mass is 292 g/mol. The molecule has 110 valence electrons. The van der Waals surface area contributed by atoms with E-state index in [1.54, 1.807) is 11.1 Å². The molecule has 22 heavy (non-hydrogen) atoms. The van der Waals surface area contributed by atoms with Gasteiger partial charge in [-0.1, -0.05) is 42.5 Å². The highest BCUT2D eigenvalue weighted by molar-refractivity contribution is 6.03. The lowest BCUT2D eigenvalue weighted by molar-refractivity contribution is 0.112. The summed E-state index contributed by atoms with van der Waals surface area (Å²) >= 11 is 0. The molecule has 3 aromatic carbocycles. The lowest BCUT2D eigenvalue weighted by Crippen LogP contribution is -2.25. The predicted molar refractivity (Wildman–Crippen MR) is 89.5 cm³/mol. The van der Waals surface area contributed by atoms with E-state index in [1.165, 1.54) is 0 Å². The highest BCUT2D eigenvalue weighted by atomic mass is 16.3. The third-order valence-electron chi connectivity index (χ3n) is 3.56. The van der Waals surface area contributed by atoms with Gasteiger partial charge in [0.2, 0.25) is 0 Å². The molecule has 4 heteroatoms. The molecular weight excluding hydrogens is 276 g/mol. The first-order valence-corrected chi connectivity index (χ1v) is 6.96. The van der Waals surface area contributed by atoms with E-state index in [2.05, 4.69) is 5.43 Å². The Hall–Kier alpha value is -3.01. The number of nitrogens with zero attached hydrogens (tertiary/aromatic N) is 1. The summed E-state index contributed by atoms with van der Waals surface area (Å²) in [5.74, 6) is -0.0281. The van der Waals surface area contributed by atoms with Crippen LogP contribution in [0.15, 0.2) is 60.7 Å². The summed E-state index contributed by atoms with van der Waals surface area (Å²) < 4.78 is 0. The summed E-state index contributed by atoms with van der Waals surface area (Å²) in [6.45, 7) is 0. The number of nitrogens with one attached hydrogen (secondary N) is 1. The molecule has 0 aliphatic rings. The number of rotatable bonds is 4. The van der Waals surface area contributed by atoms with E-state index in [-0.39, 0.29) is 11.3 Å². The van der Waals surface area contributed by atoms with Crippen molar-refractivity contribution >= 4 is 28.4 Å². The average Bonchev–Trinajstić information content (AvgIpc) is 2.55. The van der Waals surface area contributed by atoms with Crippen LogP contribution < -0.4 is 10.4 Å². The summed E-state index contributed by atoms with van der Waals surface area (Å²) in [5.41, 5.74) is 4.94. The molecule has 0 aliphatic heterocycles. The normalized spacial score (nSPS) is 10.4. The van der Waals surface area contributed by atoms with E-state index < -0.39 is 0 Å². The van der Waals surface area contributed by atoms with Crippen LogP contribution in [0.2, 0.25) is 0 Å². The minimum Gasteiger partial charge on any atom is -0.505 e. The molecule has 0 spiro atoms. The van der Waals surface area contributed by atoms with Gasteiger partial charge in [0.25, 0.3) is 0 Å². The molecule has 0 amide bonds. The molecule has 0 bridgehead atoms. The lowest BCUT2D eigenvalue weighted by Gasteiger charge is -2.24. The van der Waals surface area contributed by atoms with Crippen LogP contribution in [-0.2, 0) is 0 Å². The van der Waals surface area contributed by atoms with E-state index in [0.717, 1.165) is 16.5 Å². The maximum absolute atomic E-state index is 11.2. The van der Waals surface area contributed by atoms with Crippen LogP contribution in [0, 0.1) is 0 Å². The van der Waals surface area contributed by atoms with Crippen molar-refractivity contribution < 1.29 is 9.90 Å².